The number of aromatic nitrogens is 1. The van der Waals surface area contributed by atoms with Gasteiger partial charge in [-0.1, -0.05) is 146 Å². The first-order chi connectivity index (χ1) is 27.3. The van der Waals surface area contributed by atoms with Crippen LogP contribution in [0.1, 0.15) is 77.6 Å². The van der Waals surface area contributed by atoms with Gasteiger partial charge < -0.3 is 9.88 Å². The molecule has 3 heterocycles. The SMILES string of the molecule is CC(C)(C)c1ccc(Nc2cc3c(cc2-c2ccc4c5c6c(ccc5n5c4c2[B]c2cc(C(C)(C)C)ccc2-5)C(C)(C)c2ccccc2-6)sc2ccccc23)cc1. The largest absolute Gasteiger partial charge is 0.355 e. The predicted octanol–water partition coefficient (Wildman–Crippen LogP) is 13.4. The Morgan fingerprint density at radius 3 is 2.12 bits per heavy atom. The number of nitrogens with zero attached hydrogens (tertiary/aromatic N) is 1. The van der Waals surface area contributed by atoms with E-state index in [2.05, 4.69) is 200 Å². The minimum atomic E-state index is -0.0750. The summed E-state index contributed by atoms with van der Waals surface area (Å²) in [7, 11) is 2.48. The van der Waals surface area contributed by atoms with Crippen molar-refractivity contribution in [2.45, 2.75) is 71.6 Å². The van der Waals surface area contributed by atoms with Gasteiger partial charge in [0.05, 0.1) is 5.52 Å². The van der Waals surface area contributed by atoms with Crippen LogP contribution in [0, 0.1) is 0 Å². The first-order valence-corrected chi connectivity index (χ1v) is 21.2. The van der Waals surface area contributed by atoms with E-state index in [1.165, 1.54) is 103 Å². The molecule has 277 valence electrons. The summed E-state index contributed by atoms with van der Waals surface area (Å²) < 4.78 is 5.19. The topological polar surface area (TPSA) is 17.0 Å². The van der Waals surface area contributed by atoms with E-state index in [-0.39, 0.29) is 16.2 Å². The zero-order valence-electron chi connectivity index (χ0n) is 34.1. The molecule has 0 fully saturated rings. The molecule has 2 aromatic heterocycles. The Hall–Kier alpha value is -5.58. The van der Waals surface area contributed by atoms with Crippen molar-refractivity contribution < 1.29 is 0 Å². The van der Waals surface area contributed by atoms with Gasteiger partial charge in [-0.15, -0.1) is 11.3 Å². The zero-order chi connectivity index (χ0) is 39.2. The Kier molecular flexibility index (Phi) is 7.14. The van der Waals surface area contributed by atoms with Crippen LogP contribution in [0.25, 0.3) is 69.9 Å². The molecule has 1 N–H and O–H groups in total. The summed E-state index contributed by atoms with van der Waals surface area (Å²) in [6.07, 6.45) is 0. The average molecular weight is 754 g/mol. The quantitative estimate of drug-likeness (QED) is 0.178. The molecular weight excluding hydrogens is 707 g/mol. The second kappa shape index (κ2) is 11.7. The molecular formula is C53H46BN2S. The molecule has 0 saturated heterocycles. The Bertz CT molecular complexity index is 3160. The molecule has 0 bridgehead atoms. The van der Waals surface area contributed by atoms with Gasteiger partial charge in [0.15, 0.2) is 7.28 Å². The molecule has 0 amide bonds. The molecule has 2 aliphatic rings. The van der Waals surface area contributed by atoms with Crippen LogP contribution >= 0.6 is 11.3 Å². The first kappa shape index (κ1) is 34.7. The molecule has 9 aromatic rings. The minimum absolute atomic E-state index is 0.0265. The van der Waals surface area contributed by atoms with E-state index >= 15 is 0 Å². The lowest BCUT2D eigenvalue weighted by Gasteiger charge is -2.27. The number of nitrogens with one attached hydrogen (secondary N) is 1. The van der Waals surface area contributed by atoms with Crippen molar-refractivity contribution in [1.29, 1.82) is 0 Å². The molecule has 7 aromatic carbocycles. The lowest BCUT2D eigenvalue weighted by Crippen LogP contribution is -2.38. The summed E-state index contributed by atoms with van der Waals surface area (Å²) >= 11 is 1.88. The summed E-state index contributed by atoms with van der Waals surface area (Å²) in [5.74, 6) is 0. The summed E-state index contributed by atoms with van der Waals surface area (Å²) in [6.45, 7) is 18.5. The summed E-state index contributed by atoms with van der Waals surface area (Å²) in [6, 6.07) is 48.5. The van der Waals surface area contributed by atoms with Gasteiger partial charge in [-0.25, -0.2) is 0 Å². The Morgan fingerprint density at radius 1 is 0.596 bits per heavy atom. The molecule has 57 heavy (non-hydrogen) atoms. The van der Waals surface area contributed by atoms with Crippen LogP contribution in [0.2, 0.25) is 0 Å². The Morgan fingerprint density at radius 2 is 1.33 bits per heavy atom. The lowest BCUT2D eigenvalue weighted by atomic mass is 9.58. The van der Waals surface area contributed by atoms with Crippen molar-refractivity contribution in [1.82, 2.24) is 4.57 Å². The van der Waals surface area contributed by atoms with Crippen molar-refractivity contribution in [3.63, 3.8) is 0 Å². The van der Waals surface area contributed by atoms with Gasteiger partial charge in [0.1, 0.15) is 0 Å². The van der Waals surface area contributed by atoms with Gasteiger partial charge in [-0.2, -0.15) is 0 Å². The normalized spacial score (nSPS) is 14.2. The van der Waals surface area contributed by atoms with Gasteiger partial charge in [-0.3, -0.25) is 0 Å². The van der Waals surface area contributed by atoms with Crippen molar-refractivity contribution >= 4 is 82.9 Å². The maximum Gasteiger partial charge on any atom is 0.197 e. The number of anilines is 2. The molecule has 0 atom stereocenters. The lowest BCUT2D eigenvalue weighted by molar-refractivity contribution is 0.590. The number of rotatable bonds is 3. The highest BCUT2D eigenvalue weighted by Crippen LogP contribution is 2.53. The number of benzene rings is 7. The Labute approximate surface area is 340 Å². The van der Waals surface area contributed by atoms with Crippen LogP contribution in [0.4, 0.5) is 11.4 Å². The standard InChI is InChI=1S/C53H46BN2S/c1-51(2,3)30-17-20-32(21-18-30)55-42-28-38-33-13-10-12-16-45(33)57-46(38)29-37(42)34-22-23-36-48-44(26-24-40-47(48)35-14-9-11-15-39(35)53(40,7)8)56-43-25-19-31(52(4,5)6)27-41(43)54-49(34)50(36)56/h9-29,55H,1-8H3. The highest BCUT2D eigenvalue weighted by atomic mass is 32.1. The van der Waals surface area contributed by atoms with E-state index in [4.69, 9.17) is 0 Å². The van der Waals surface area contributed by atoms with E-state index in [9.17, 15) is 0 Å². The molecule has 1 aliphatic carbocycles. The summed E-state index contributed by atoms with van der Waals surface area (Å²) in [5, 5.41) is 9.20. The van der Waals surface area contributed by atoms with Crippen LogP contribution in [0.15, 0.2) is 127 Å². The van der Waals surface area contributed by atoms with Crippen LogP contribution in [0.5, 0.6) is 0 Å². The molecule has 0 saturated carbocycles. The van der Waals surface area contributed by atoms with E-state index in [0.29, 0.717) is 0 Å². The maximum atomic E-state index is 3.94. The van der Waals surface area contributed by atoms with Crippen LogP contribution in [-0.4, -0.2) is 11.8 Å². The highest BCUT2D eigenvalue weighted by Gasteiger charge is 2.38. The van der Waals surface area contributed by atoms with Crippen LogP contribution in [-0.2, 0) is 16.2 Å². The fourth-order valence-corrected chi connectivity index (χ4v) is 11.0. The first-order valence-electron chi connectivity index (χ1n) is 20.3. The fourth-order valence-electron chi connectivity index (χ4n) is 9.85. The van der Waals surface area contributed by atoms with Crippen molar-refractivity contribution in [3.8, 4) is 27.9 Å². The van der Waals surface area contributed by atoms with Gasteiger partial charge in [-0.05, 0) is 97.7 Å². The second-order valence-corrected chi connectivity index (χ2v) is 20.0. The van der Waals surface area contributed by atoms with E-state index in [1.54, 1.807) is 0 Å². The third-order valence-corrected chi connectivity index (χ3v) is 14.1. The number of fused-ring (bicyclic) bond motifs is 12. The van der Waals surface area contributed by atoms with E-state index in [0.717, 1.165) is 11.4 Å². The maximum absolute atomic E-state index is 3.94. The molecule has 1 radical (unpaired) electrons. The predicted molar refractivity (Wildman–Crippen MR) is 249 cm³/mol. The molecule has 4 heteroatoms. The highest BCUT2D eigenvalue weighted by molar-refractivity contribution is 7.25. The van der Waals surface area contributed by atoms with E-state index in [1.807, 2.05) is 11.3 Å². The summed E-state index contributed by atoms with van der Waals surface area (Å²) in [4.78, 5) is 0. The number of thiophene rings is 1. The zero-order valence-corrected chi connectivity index (χ0v) is 34.9. The van der Waals surface area contributed by atoms with Gasteiger partial charge in [0, 0.05) is 64.5 Å². The van der Waals surface area contributed by atoms with Crippen molar-refractivity contribution in [2.24, 2.45) is 0 Å². The fraction of sp³-hybridized carbons (Fsp3) is 0.208. The smallest absolute Gasteiger partial charge is 0.197 e. The molecule has 1 aliphatic heterocycles. The Balaban J connectivity index is 1.22. The molecule has 11 rings (SSSR count). The van der Waals surface area contributed by atoms with Gasteiger partial charge in [0.2, 0.25) is 0 Å². The van der Waals surface area contributed by atoms with Crippen LogP contribution in [0.3, 0.4) is 0 Å². The van der Waals surface area contributed by atoms with E-state index < -0.39 is 0 Å². The number of hydrogen-bond donors (Lipinski definition) is 1. The second-order valence-electron chi connectivity index (χ2n) is 18.9. The average Bonchev–Trinajstić information content (AvgIpc) is 3.80. The molecule has 2 nitrogen and oxygen atoms in total. The van der Waals surface area contributed by atoms with Crippen molar-refractivity contribution in [3.05, 3.63) is 150 Å². The third kappa shape index (κ3) is 5.02. The molecule has 0 unspecified atom stereocenters. The van der Waals surface area contributed by atoms with Crippen molar-refractivity contribution in [2.75, 3.05) is 5.32 Å². The summed E-state index contributed by atoms with van der Waals surface area (Å²) in [5.41, 5.74) is 19.3. The number of hydrogen-bond acceptors (Lipinski definition) is 2. The van der Waals surface area contributed by atoms with Gasteiger partial charge >= 0.3 is 0 Å². The monoisotopic (exact) mass is 753 g/mol. The third-order valence-electron chi connectivity index (χ3n) is 12.9. The minimum Gasteiger partial charge on any atom is -0.355 e. The van der Waals surface area contributed by atoms with Crippen LogP contribution < -0.4 is 16.2 Å². The molecule has 0 spiro atoms. The van der Waals surface area contributed by atoms with Gasteiger partial charge in [0.25, 0.3) is 0 Å².